The normalized spacial score (nSPS) is 14.0. The van der Waals surface area contributed by atoms with Crippen molar-refractivity contribution >= 4 is 23.6 Å². The molecule has 0 aromatic heterocycles. The third-order valence-corrected chi connectivity index (χ3v) is 7.96. The first-order chi connectivity index (χ1) is 18.9. The van der Waals surface area contributed by atoms with Crippen molar-refractivity contribution in [3.8, 4) is 0 Å². The number of hydrogen-bond acceptors (Lipinski definition) is 4. The quantitative estimate of drug-likeness (QED) is 0.311. The molecule has 0 aliphatic heterocycles. The Kier molecular flexibility index (Phi) is 11.2. The largest absolute Gasteiger partial charge is 0.444 e. The minimum absolute atomic E-state index is 0.203. The van der Waals surface area contributed by atoms with E-state index in [1.807, 2.05) is 98.7 Å². The summed E-state index contributed by atoms with van der Waals surface area (Å²) in [4.78, 5) is 43.9. The molecule has 0 saturated carbocycles. The molecule has 0 aliphatic rings. The fourth-order valence-corrected chi connectivity index (χ4v) is 5.05. The molecule has 0 bridgehead atoms. The number of carbonyl (C=O) groups is 3. The summed E-state index contributed by atoms with van der Waals surface area (Å²) in [5, 5.41) is 6.03. The predicted molar refractivity (Wildman–Crippen MR) is 167 cm³/mol. The second-order valence-electron chi connectivity index (χ2n) is 12.8. The summed E-state index contributed by atoms with van der Waals surface area (Å²) in [6, 6.07) is 9.93. The summed E-state index contributed by atoms with van der Waals surface area (Å²) in [6.07, 6.45) is 0.584. The summed E-state index contributed by atoms with van der Waals surface area (Å²) in [5.74, 6) is -0.818. The summed E-state index contributed by atoms with van der Waals surface area (Å²) in [7, 11) is 0. The topological polar surface area (TPSA) is 87.7 Å². The van der Waals surface area contributed by atoms with Crippen molar-refractivity contribution in [2.24, 2.45) is 5.92 Å². The number of rotatable bonds is 10. The van der Waals surface area contributed by atoms with Crippen LogP contribution in [-0.2, 0) is 14.3 Å². The lowest BCUT2D eigenvalue weighted by molar-refractivity contribution is -0.148. The van der Waals surface area contributed by atoms with Gasteiger partial charge in [0.25, 0.3) is 5.91 Å². The lowest BCUT2D eigenvalue weighted by Gasteiger charge is -2.46. The minimum Gasteiger partial charge on any atom is -0.444 e. The zero-order valence-corrected chi connectivity index (χ0v) is 27.2. The molecule has 41 heavy (non-hydrogen) atoms. The van der Waals surface area contributed by atoms with E-state index in [-0.39, 0.29) is 17.7 Å². The average molecular weight is 566 g/mol. The van der Waals surface area contributed by atoms with E-state index < -0.39 is 29.3 Å². The van der Waals surface area contributed by atoms with Gasteiger partial charge in [0.2, 0.25) is 5.91 Å². The molecule has 2 aromatic rings. The number of para-hydroxylation sites is 1. The van der Waals surface area contributed by atoms with Crippen molar-refractivity contribution in [2.75, 3.05) is 5.32 Å². The fraction of sp³-hybridized carbons (Fsp3) is 0.559. The monoisotopic (exact) mass is 565 g/mol. The van der Waals surface area contributed by atoms with Gasteiger partial charge < -0.3 is 20.3 Å². The van der Waals surface area contributed by atoms with Crippen LogP contribution in [0.1, 0.15) is 102 Å². The highest BCUT2D eigenvalue weighted by molar-refractivity contribution is 6.00. The number of nitrogens with one attached hydrogen (secondary N) is 2. The van der Waals surface area contributed by atoms with Crippen LogP contribution in [-0.4, -0.2) is 40.0 Å². The maximum atomic E-state index is 14.8. The molecule has 0 fully saturated rings. The molecule has 0 spiro atoms. The Morgan fingerprint density at radius 1 is 0.854 bits per heavy atom. The summed E-state index contributed by atoms with van der Waals surface area (Å²) < 4.78 is 5.54. The van der Waals surface area contributed by atoms with Gasteiger partial charge in [-0.25, -0.2) is 4.79 Å². The molecule has 226 valence electrons. The van der Waals surface area contributed by atoms with Crippen molar-refractivity contribution < 1.29 is 19.1 Å². The third kappa shape index (κ3) is 8.34. The molecule has 3 unspecified atom stereocenters. The smallest absolute Gasteiger partial charge is 0.408 e. The second kappa shape index (κ2) is 13.5. The van der Waals surface area contributed by atoms with E-state index >= 15 is 0 Å². The van der Waals surface area contributed by atoms with Crippen molar-refractivity contribution in [2.45, 2.75) is 119 Å². The van der Waals surface area contributed by atoms with Crippen molar-refractivity contribution in [1.29, 1.82) is 0 Å². The van der Waals surface area contributed by atoms with Crippen LogP contribution >= 0.6 is 0 Å². The molecular formula is C34H51N3O4. The third-order valence-electron chi connectivity index (χ3n) is 7.96. The van der Waals surface area contributed by atoms with E-state index in [0.717, 1.165) is 33.5 Å². The van der Waals surface area contributed by atoms with Gasteiger partial charge >= 0.3 is 6.09 Å². The summed E-state index contributed by atoms with van der Waals surface area (Å²) >= 11 is 0. The number of ether oxygens (including phenoxy) is 1. The second-order valence-corrected chi connectivity index (χ2v) is 12.8. The highest BCUT2D eigenvalue weighted by Crippen LogP contribution is 2.37. The number of alkyl carbamates (subject to hydrolysis) is 1. The number of aryl methyl sites for hydroxylation is 4. The SMILES string of the molecule is CCC(C)C(NC(=O)OC(C)(C)C)C(=O)N(C(C(=O)Nc1c(C)cccc1C)c1c(C)cccc1C)C(C)(C)CC. The number of benzene rings is 2. The number of amides is 3. The Labute approximate surface area is 247 Å². The van der Waals surface area contributed by atoms with E-state index in [4.69, 9.17) is 4.74 Å². The predicted octanol–water partition coefficient (Wildman–Crippen LogP) is 7.56. The average Bonchev–Trinajstić information content (AvgIpc) is 2.86. The Bertz CT molecular complexity index is 1200. The van der Waals surface area contributed by atoms with Crippen LogP contribution in [0.2, 0.25) is 0 Å². The fourth-order valence-electron chi connectivity index (χ4n) is 5.05. The van der Waals surface area contributed by atoms with Gasteiger partial charge in [-0.2, -0.15) is 0 Å². The Morgan fingerprint density at radius 2 is 1.34 bits per heavy atom. The van der Waals surface area contributed by atoms with E-state index in [1.165, 1.54) is 0 Å². The maximum Gasteiger partial charge on any atom is 0.408 e. The number of anilines is 1. The van der Waals surface area contributed by atoms with Crippen LogP contribution < -0.4 is 10.6 Å². The first kappa shape index (κ1) is 33.9. The van der Waals surface area contributed by atoms with E-state index in [2.05, 4.69) is 10.6 Å². The number of hydrogen-bond donors (Lipinski definition) is 2. The van der Waals surface area contributed by atoms with Crippen LogP contribution in [0.5, 0.6) is 0 Å². The van der Waals surface area contributed by atoms with Gasteiger partial charge in [-0.3, -0.25) is 9.59 Å². The minimum atomic E-state index is -0.940. The van der Waals surface area contributed by atoms with Crippen LogP contribution in [0, 0.1) is 33.6 Å². The van der Waals surface area contributed by atoms with Gasteiger partial charge in [0, 0.05) is 11.2 Å². The molecule has 3 atom stereocenters. The number of nitrogens with zero attached hydrogens (tertiary/aromatic N) is 1. The van der Waals surface area contributed by atoms with Crippen LogP contribution in [0.3, 0.4) is 0 Å². The highest BCUT2D eigenvalue weighted by Gasteiger charge is 2.45. The molecule has 2 N–H and O–H groups in total. The van der Waals surface area contributed by atoms with E-state index in [1.54, 1.807) is 25.7 Å². The zero-order chi connectivity index (χ0) is 31.3. The molecule has 3 amide bonds. The molecule has 0 radical (unpaired) electrons. The van der Waals surface area contributed by atoms with Gasteiger partial charge in [-0.05, 0) is 102 Å². The Balaban J connectivity index is 2.78. The van der Waals surface area contributed by atoms with Gasteiger partial charge in [-0.15, -0.1) is 0 Å². The van der Waals surface area contributed by atoms with Crippen LogP contribution in [0.4, 0.5) is 10.5 Å². The molecule has 0 heterocycles. The molecule has 7 nitrogen and oxygen atoms in total. The molecule has 2 aromatic carbocycles. The highest BCUT2D eigenvalue weighted by atomic mass is 16.6. The Morgan fingerprint density at radius 3 is 1.78 bits per heavy atom. The van der Waals surface area contributed by atoms with Crippen molar-refractivity contribution in [3.63, 3.8) is 0 Å². The maximum absolute atomic E-state index is 14.8. The van der Waals surface area contributed by atoms with E-state index in [9.17, 15) is 14.4 Å². The lowest BCUT2D eigenvalue weighted by Crippen LogP contribution is -2.60. The standard InChI is InChI=1S/C34H51N3O4/c1-13-21(3)28(36-32(40)41-33(8,9)10)31(39)37(34(11,12)14-2)29(26-22(4)17-15-18-23(26)5)30(38)35-27-24(6)19-16-20-25(27)7/h15-21,28-29H,13-14H2,1-12H3,(H,35,38)(H,36,40). The van der Waals surface area contributed by atoms with Gasteiger partial charge in [0.05, 0.1) is 0 Å². The van der Waals surface area contributed by atoms with Crippen molar-refractivity contribution in [1.82, 2.24) is 10.2 Å². The lowest BCUT2D eigenvalue weighted by atomic mass is 9.87. The molecule has 0 aliphatic carbocycles. The first-order valence-corrected chi connectivity index (χ1v) is 14.7. The van der Waals surface area contributed by atoms with E-state index in [0.29, 0.717) is 12.8 Å². The van der Waals surface area contributed by atoms with Crippen molar-refractivity contribution in [3.05, 3.63) is 64.2 Å². The first-order valence-electron chi connectivity index (χ1n) is 14.7. The molecular weight excluding hydrogens is 514 g/mol. The van der Waals surface area contributed by atoms with Gasteiger partial charge in [-0.1, -0.05) is 63.6 Å². The molecule has 2 rings (SSSR count). The van der Waals surface area contributed by atoms with Gasteiger partial charge in [0.1, 0.15) is 17.7 Å². The molecule has 0 saturated heterocycles. The number of carbonyl (C=O) groups excluding carboxylic acids is 3. The summed E-state index contributed by atoms with van der Waals surface area (Å²) in [6.45, 7) is 23.1. The van der Waals surface area contributed by atoms with Crippen LogP contribution in [0.25, 0.3) is 0 Å². The zero-order valence-electron chi connectivity index (χ0n) is 27.2. The van der Waals surface area contributed by atoms with Gasteiger partial charge in [0.15, 0.2) is 0 Å². The van der Waals surface area contributed by atoms with Crippen LogP contribution in [0.15, 0.2) is 36.4 Å². The Hall–Kier alpha value is -3.35. The summed E-state index contributed by atoms with van der Waals surface area (Å²) in [5.41, 5.74) is 3.78. The molecule has 7 heteroatoms.